The zero-order valence-corrected chi connectivity index (χ0v) is 21.5. The Labute approximate surface area is 215 Å². The fourth-order valence-corrected chi connectivity index (χ4v) is 4.35. The van der Waals surface area contributed by atoms with Gasteiger partial charge in [-0.1, -0.05) is 35.1 Å². The summed E-state index contributed by atoms with van der Waals surface area (Å²) in [6, 6.07) is 13.5. The molecular formula is C26H23ClN2O6S. The quantitative estimate of drug-likeness (QED) is 0.301. The van der Waals surface area contributed by atoms with Gasteiger partial charge in [-0.3, -0.25) is 14.9 Å². The highest BCUT2D eigenvalue weighted by atomic mass is 35.5. The van der Waals surface area contributed by atoms with E-state index in [0.717, 1.165) is 11.3 Å². The number of ether oxygens (including phenoxy) is 2. The van der Waals surface area contributed by atoms with Gasteiger partial charge in [0.2, 0.25) is 11.2 Å². The molecule has 0 fully saturated rings. The van der Waals surface area contributed by atoms with Gasteiger partial charge in [0.15, 0.2) is 17.0 Å². The van der Waals surface area contributed by atoms with E-state index in [1.807, 2.05) is 0 Å². The number of benzene rings is 2. The molecule has 1 unspecified atom stereocenters. The van der Waals surface area contributed by atoms with Crippen molar-refractivity contribution in [3.05, 3.63) is 74.3 Å². The average Bonchev–Trinajstić information content (AvgIpc) is 3.20. The number of hydrogen-bond donors (Lipinski definition) is 1. The van der Waals surface area contributed by atoms with E-state index >= 15 is 0 Å². The van der Waals surface area contributed by atoms with E-state index < -0.39 is 23.4 Å². The van der Waals surface area contributed by atoms with E-state index in [4.69, 9.17) is 25.5 Å². The lowest BCUT2D eigenvalue weighted by molar-refractivity contribution is -0.122. The Morgan fingerprint density at radius 3 is 2.47 bits per heavy atom. The maximum absolute atomic E-state index is 13.3. The Bertz CT molecular complexity index is 1490. The van der Waals surface area contributed by atoms with Gasteiger partial charge in [0, 0.05) is 10.6 Å². The number of rotatable bonds is 7. The monoisotopic (exact) mass is 526 g/mol. The van der Waals surface area contributed by atoms with Crippen LogP contribution in [0.5, 0.6) is 5.75 Å². The fraction of sp³-hybridized carbons (Fsp3) is 0.231. The Kier molecular flexibility index (Phi) is 7.42. The summed E-state index contributed by atoms with van der Waals surface area (Å²) in [5, 5.41) is 3.70. The molecule has 4 rings (SSSR count). The second-order valence-electron chi connectivity index (χ2n) is 8.23. The summed E-state index contributed by atoms with van der Waals surface area (Å²) in [5.41, 5.74) is 0.977. The minimum absolute atomic E-state index is 0.102. The van der Waals surface area contributed by atoms with E-state index in [1.165, 1.54) is 6.92 Å². The van der Waals surface area contributed by atoms with Gasteiger partial charge in [-0.15, -0.1) is 0 Å². The van der Waals surface area contributed by atoms with Gasteiger partial charge in [-0.25, -0.2) is 9.78 Å². The SMILES string of the molecule is Cc1nc(NC(=O)C(C)Oc2c(-c3ccc(Cl)cc3)oc3ccccc3c2=O)sc1C(=O)OC(C)C. The number of hydrogen-bond acceptors (Lipinski definition) is 8. The first-order valence-electron chi connectivity index (χ1n) is 11.1. The standard InChI is InChI=1S/C26H23ClN2O6S/c1-13(2)33-25(32)23-14(3)28-26(36-23)29-24(31)15(4)34-22-20(30)18-7-5-6-8-19(18)35-21(22)16-9-11-17(27)12-10-16/h5-13,15H,1-4H3,(H,28,29,31). The molecule has 1 amide bonds. The minimum atomic E-state index is -1.09. The largest absolute Gasteiger partial charge is 0.473 e. The maximum atomic E-state index is 13.3. The number of carbonyl (C=O) groups excluding carboxylic acids is 2. The third kappa shape index (κ3) is 5.42. The van der Waals surface area contributed by atoms with Crippen LogP contribution in [0.25, 0.3) is 22.3 Å². The van der Waals surface area contributed by atoms with Crippen molar-refractivity contribution in [2.45, 2.75) is 39.9 Å². The van der Waals surface area contributed by atoms with Crippen molar-refractivity contribution in [3.8, 4) is 17.1 Å². The summed E-state index contributed by atoms with van der Waals surface area (Å²) in [4.78, 5) is 43.0. The van der Waals surface area contributed by atoms with Crippen LogP contribution < -0.4 is 15.5 Å². The van der Waals surface area contributed by atoms with Crippen molar-refractivity contribution < 1.29 is 23.5 Å². The first-order valence-corrected chi connectivity index (χ1v) is 12.3. The van der Waals surface area contributed by atoms with Gasteiger partial charge >= 0.3 is 5.97 Å². The van der Waals surface area contributed by atoms with Crippen LogP contribution in [0.2, 0.25) is 5.02 Å². The summed E-state index contributed by atoms with van der Waals surface area (Å²) >= 11 is 7.02. The van der Waals surface area contributed by atoms with Gasteiger partial charge in [-0.05, 0) is 64.1 Å². The number of esters is 1. The first kappa shape index (κ1) is 25.4. The molecule has 0 spiro atoms. The number of para-hydroxylation sites is 1. The molecular weight excluding hydrogens is 504 g/mol. The number of nitrogens with one attached hydrogen (secondary N) is 1. The van der Waals surface area contributed by atoms with Crippen LogP contribution in [-0.2, 0) is 9.53 Å². The third-order valence-electron chi connectivity index (χ3n) is 5.08. The van der Waals surface area contributed by atoms with Crippen molar-refractivity contribution in [3.63, 3.8) is 0 Å². The molecule has 0 saturated carbocycles. The van der Waals surface area contributed by atoms with E-state index in [1.54, 1.807) is 69.3 Å². The number of amides is 1. The number of anilines is 1. The van der Waals surface area contributed by atoms with Crippen molar-refractivity contribution in [1.29, 1.82) is 0 Å². The molecule has 2 heterocycles. The molecule has 2 aromatic carbocycles. The third-order valence-corrected chi connectivity index (χ3v) is 6.39. The van der Waals surface area contributed by atoms with Gasteiger partial charge in [0.05, 0.1) is 17.2 Å². The van der Waals surface area contributed by atoms with Crippen LogP contribution >= 0.6 is 22.9 Å². The van der Waals surface area contributed by atoms with Crippen LogP contribution in [-0.4, -0.2) is 29.1 Å². The average molecular weight is 527 g/mol. The Balaban J connectivity index is 1.62. The van der Waals surface area contributed by atoms with E-state index in [0.29, 0.717) is 32.1 Å². The molecule has 0 saturated heterocycles. The molecule has 8 nitrogen and oxygen atoms in total. The smallest absolute Gasteiger partial charge is 0.350 e. The second kappa shape index (κ2) is 10.5. The van der Waals surface area contributed by atoms with Gasteiger partial charge < -0.3 is 13.9 Å². The second-order valence-corrected chi connectivity index (χ2v) is 9.66. The van der Waals surface area contributed by atoms with Crippen molar-refractivity contribution in [2.75, 3.05) is 5.32 Å². The van der Waals surface area contributed by atoms with Crippen molar-refractivity contribution in [1.82, 2.24) is 4.98 Å². The molecule has 0 aliphatic heterocycles. The lowest BCUT2D eigenvalue weighted by Gasteiger charge is -2.16. The Morgan fingerprint density at radius 2 is 1.78 bits per heavy atom. The summed E-state index contributed by atoms with van der Waals surface area (Å²) in [7, 11) is 0. The van der Waals surface area contributed by atoms with Gasteiger partial charge in [-0.2, -0.15) is 0 Å². The number of halogens is 1. The van der Waals surface area contributed by atoms with E-state index in [2.05, 4.69) is 10.3 Å². The van der Waals surface area contributed by atoms with Gasteiger partial charge in [0.1, 0.15) is 10.5 Å². The molecule has 1 N–H and O–H groups in total. The van der Waals surface area contributed by atoms with Crippen molar-refractivity contribution >= 4 is 50.9 Å². The zero-order chi connectivity index (χ0) is 26.0. The highest BCUT2D eigenvalue weighted by Crippen LogP contribution is 2.32. The number of aryl methyl sites for hydroxylation is 1. The lowest BCUT2D eigenvalue weighted by Crippen LogP contribution is -2.31. The molecule has 0 aliphatic rings. The Hall–Kier alpha value is -3.69. The highest BCUT2D eigenvalue weighted by Gasteiger charge is 2.25. The number of thiazole rings is 1. The number of carbonyl (C=O) groups is 2. The maximum Gasteiger partial charge on any atom is 0.350 e. The van der Waals surface area contributed by atoms with Crippen LogP contribution in [0, 0.1) is 6.92 Å². The van der Waals surface area contributed by atoms with E-state index in [-0.39, 0.29) is 22.7 Å². The van der Waals surface area contributed by atoms with Gasteiger partial charge in [0.25, 0.3) is 5.91 Å². The molecule has 2 aromatic heterocycles. The normalized spacial score (nSPS) is 11.9. The number of nitrogens with zero attached hydrogens (tertiary/aromatic N) is 1. The first-order chi connectivity index (χ1) is 17.1. The topological polar surface area (TPSA) is 108 Å². The predicted molar refractivity (Wildman–Crippen MR) is 139 cm³/mol. The lowest BCUT2D eigenvalue weighted by atomic mass is 10.1. The number of aromatic nitrogens is 1. The molecule has 0 bridgehead atoms. The van der Waals surface area contributed by atoms with Crippen LogP contribution in [0.15, 0.2) is 57.7 Å². The number of fused-ring (bicyclic) bond motifs is 1. The van der Waals surface area contributed by atoms with E-state index in [9.17, 15) is 14.4 Å². The highest BCUT2D eigenvalue weighted by molar-refractivity contribution is 7.17. The van der Waals surface area contributed by atoms with Crippen LogP contribution in [0.4, 0.5) is 5.13 Å². The Morgan fingerprint density at radius 1 is 1.08 bits per heavy atom. The molecule has 1 atom stereocenters. The summed E-state index contributed by atoms with van der Waals surface area (Å²) in [6.07, 6.45) is -1.37. The molecule has 36 heavy (non-hydrogen) atoms. The molecule has 4 aromatic rings. The molecule has 10 heteroatoms. The molecule has 186 valence electrons. The minimum Gasteiger partial charge on any atom is -0.473 e. The molecule has 0 radical (unpaired) electrons. The zero-order valence-electron chi connectivity index (χ0n) is 20.0. The summed E-state index contributed by atoms with van der Waals surface area (Å²) in [6.45, 7) is 6.65. The summed E-state index contributed by atoms with van der Waals surface area (Å²) in [5.74, 6) is -0.984. The summed E-state index contributed by atoms with van der Waals surface area (Å²) < 4.78 is 17.1. The van der Waals surface area contributed by atoms with Crippen LogP contribution in [0.1, 0.15) is 36.1 Å². The van der Waals surface area contributed by atoms with Crippen molar-refractivity contribution in [2.24, 2.45) is 0 Å². The van der Waals surface area contributed by atoms with Crippen LogP contribution in [0.3, 0.4) is 0 Å². The predicted octanol–water partition coefficient (Wildman–Crippen LogP) is 5.85. The molecule has 0 aliphatic carbocycles. The fourth-order valence-electron chi connectivity index (χ4n) is 3.37.